The van der Waals surface area contributed by atoms with Crippen LogP contribution in [0.1, 0.15) is 19.7 Å². The van der Waals surface area contributed by atoms with Gasteiger partial charge in [-0.2, -0.15) is 0 Å². The van der Waals surface area contributed by atoms with E-state index in [1.54, 1.807) is 0 Å². The fourth-order valence-electron chi connectivity index (χ4n) is 2.05. The zero-order valence-corrected chi connectivity index (χ0v) is 11.0. The molecule has 1 unspecified atom stereocenters. The average Bonchev–Trinajstić information content (AvgIpc) is 2.65. The molecule has 17 heavy (non-hydrogen) atoms. The first kappa shape index (κ1) is 12.4. The number of hydrogen-bond donors (Lipinski definition) is 1. The van der Waals surface area contributed by atoms with Gasteiger partial charge in [0.05, 0.1) is 11.0 Å². The lowest BCUT2D eigenvalue weighted by Crippen LogP contribution is -2.15. The van der Waals surface area contributed by atoms with E-state index < -0.39 is 0 Å². The van der Waals surface area contributed by atoms with Crippen molar-refractivity contribution in [1.29, 1.82) is 0 Å². The lowest BCUT2D eigenvalue weighted by molar-refractivity contribution is 0.553. The van der Waals surface area contributed by atoms with Crippen molar-refractivity contribution < 1.29 is 0 Å². The number of nitrogens with zero attached hydrogens (tertiary/aromatic N) is 2. The van der Waals surface area contributed by atoms with Crippen LogP contribution in [-0.4, -0.2) is 16.1 Å². The van der Waals surface area contributed by atoms with E-state index in [4.69, 9.17) is 17.3 Å². The Hall–Kier alpha value is -1.06. The molecule has 0 amide bonds. The highest BCUT2D eigenvalue weighted by molar-refractivity contribution is 6.31. The first-order chi connectivity index (χ1) is 8.15. The largest absolute Gasteiger partial charge is 0.330 e. The average molecular weight is 252 g/mol. The number of benzene rings is 1. The van der Waals surface area contributed by atoms with Gasteiger partial charge in [-0.15, -0.1) is 0 Å². The van der Waals surface area contributed by atoms with E-state index in [2.05, 4.69) is 23.4 Å². The first-order valence-corrected chi connectivity index (χ1v) is 6.38. The van der Waals surface area contributed by atoms with E-state index in [1.165, 1.54) is 0 Å². The normalized spacial score (nSPS) is 13.2. The van der Waals surface area contributed by atoms with Crippen LogP contribution in [0.15, 0.2) is 18.2 Å². The Balaban J connectivity index is 2.48. The summed E-state index contributed by atoms with van der Waals surface area (Å²) in [6, 6.07) is 5.83. The summed E-state index contributed by atoms with van der Waals surface area (Å²) in [5.41, 5.74) is 7.79. The van der Waals surface area contributed by atoms with Crippen LogP contribution in [0.4, 0.5) is 0 Å². The molecule has 2 aromatic rings. The van der Waals surface area contributed by atoms with Gasteiger partial charge in [0, 0.05) is 18.0 Å². The summed E-state index contributed by atoms with van der Waals surface area (Å²) < 4.78 is 2.22. The number of hydrogen-bond acceptors (Lipinski definition) is 2. The predicted molar refractivity (Wildman–Crippen MR) is 72.3 cm³/mol. The van der Waals surface area contributed by atoms with E-state index in [9.17, 15) is 0 Å². The highest BCUT2D eigenvalue weighted by Gasteiger charge is 2.12. The van der Waals surface area contributed by atoms with Gasteiger partial charge in [-0.3, -0.25) is 0 Å². The van der Waals surface area contributed by atoms with E-state index in [-0.39, 0.29) is 0 Å². The molecule has 0 radical (unpaired) electrons. The Bertz CT molecular complexity index is 519. The summed E-state index contributed by atoms with van der Waals surface area (Å²) in [5, 5.41) is 0.755. The van der Waals surface area contributed by atoms with Crippen molar-refractivity contribution in [3.63, 3.8) is 0 Å². The van der Waals surface area contributed by atoms with Gasteiger partial charge in [-0.05, 0) is 37.6 Å². The molecule has 3 nitrogen and oxygen atoms in total. The van der Waals surface area contributed by atoms with Crippen LogP contribution < -0.4 is 5.73 Å². The Morgan fingerprint density at radius 1 is 1.47 bits per heavy atom. The molecule has 1 aromatic carbocycles. The van der Waals surface area contributed by atoms with Crippen LogP contribution in [0, 0.1) is 5.92 Å². The minimum Gasteiger partial charge on any atom is -0.330 e. The van der Waals surface area contributed by atoms with Gasteiger partial charge in [0.25, 0.3) is 0 Å². The molecule has 0 bridgehead atoms. The minimum absolute atomic E-state index is 0.451. The predicted octanol–water partition coefficient (Wildman–Crippen LogP) is 2.85. The fourth-order valence-corrected chi connectivity index (χ4v) is 2.22. The zero-order chi connectivity index (χ0) is 12.4. The molecule has 0 spiro atoms. The van der Waals surface area contributed by atoms with Crippen LogP contribution in [0.2, 0.25) is 5.02 Å². The lowest BCUT2D eigenvalue weighted by atomic mass is 10.1. The highest BCUT2D eigenvalue weighted by atomic mass is 35.5. The molecular weight excluding hydrogens is 234 g/mol. The maximum Gasteiger partial charge on any atom is 0.110 e. The molecule has 0 saturated heterocycles. The van der Waals surface area contributed by atoms with Crippen LogP contribution >= 0.6 is 11.6 Å². The van der Waals surface area contributed by atoms with E-state index in [1.807, 2.05) is 18.2 Å². The minimum atomic E-state index is 0.451. The van der Waals surface area contributed by atoms with E-state index in [0.717, 1.165) is 34.8 Å². The third kappa shape index (κ3) is 2.45. The fraction of sp³-hybridized carbons (Fsp3) is 0.462. The third-order valence-corrected chi connectivity index (χ3v) is 3.27. The quantitative estimate of drug-likeness (QED) is 0.908. The van der Waals surface area contributed by atoms with Crippen molar-refractivity contribution in [3.05, 3.63) is 29.0 Å². The molecule has 0 saturated carbocycles. The lowest BCUT2D eigenvalue weighted by Gasteiger charge is -2.10. The van der Waals surface area contributed by atoms with Crippen molar-refractivity contribution in [2.45, 2.75) is 26.8 Å². The zero-order valence-electron chi connectivity index (χ0n) is 10.3. The van der Waals surface area contributed by atoms with E-state index in [0.29, 0.717) is 12.5 Å². The standard InChI is InChI=1S/C13H18ClN3/c1-3-17-12-7-10(14)4-5-11(12)16-13(17)6-9(2)8-15/h4-5,7,9H,3,6,8,15H2,1-2H3. The van der Waals surface area contributed by atoms with Gasteiger partial charge in [0.1, 0.15) is 5.82 Å². The second kappa shape index (κ2) is 5.07. The number of aromatic nitrogens is 2. The highest BCUT2D eigenvalue weighted by Crippen LogP contribution is 2.22. The number of rotatable bonds is 4. The molecule has 2 N–H and O–H groups in total. The van der Waals surface area contributed by atoms with Gasteiger partial charge in [0.2, 0.25) is 0 Å². The monoisotopic (exact) mass is 251 g/mol. The summed E-state index contributed by atoms with van der Waals surface area (Å²) in [4.78, 5) is 4.66. The number of imidazole rings is 1. The summed E-state index contributed by atoms with van der Waals surface area (Å²) in [6.07, 6.45) is 0.913. The second-order valence-corrected chi connectivity index (χ2v) is 4.89. The SMILES string of the molecule is CCn1c(CC(C)CN)nc2ccc(Cl)cc21. The summed E-state index contributed by atoms with van der Waals surface area (Å²) >= 11 is 6.03. The van der Waals surface area contributed by atoms with Crippen LogP contribution in [0.25, 0.3) is 11.0 Å². The van der Waals surface area contributed by atoms with Gasteiger partial charge in [-0.25, -0.2) is 4.98 Å². The molecule has 4 heteroatoms. The van der Waals surface area contributed by atoms with E-state index >= 15 is 0 Å². The van der Waals surface area contributed by atoms with Gasteiger partial charge in [0.15, 0.2) is 0 Å². The number of halogens is 1. The van der Waals surface area contributed by atoms with Crippen LogP contribution in [-0.2, 0) is 13.0 Å². The summed E-state index contributed by atoms with van der Waals surface area (Å²) in [6.45, 7) is 5.86. The first-order valence-electron chi connectivity index (χ1n) is 6.00. The molecule has 0 aliphatic carbocycles. The Labute approximate surface area is 107 Å². The molecule has 1 aromatic heterocycles. The molecule has 1 atom stereocenters. The number of nitrogens with two attached hydrogens (primary N) is 1. The van der Waals surface area contributed by atoms with Crippen molar-refractivity contribution in [3.8, 4) is 0 Å². The molecule has 92 valence electrons. The topological polar surface area (TPSA) is 43.8 Å². The molecule has 2 rings (SSSR count). The summed E-state index contributed by atoms with van der Waals surface area (Å²) in [7, 11) is 0. The smallest absolute Gasteiger partial charge is 0.110 e. The molecule has 0 fully saturated rings. The third-order valence-electron chi connectivity index (χ3n) is 3.04. The molecule has 0 aliphatic heterocycles. The van der Waals surface area contributed by atoms with Crippen molar-refractivity contribution in [1.82, 2.24) is 9.55 Å². The Morgan fingerprint density at radius 2 is 2.24 bits per heavy atom. The van der Waals surface area contributed by atoms with Crippen LogP contribution in [0.5, 0.6) is 0 Å². The number of fused-ring (bicyclic) bond motifs is 1. The molecule has 0 aliphatic rings. The Morgan fingerprint density at radius 3 is 2.88 bits per heavy atom. The second-order valence-electron chi connectivity index (χ2n) is 4.45. The van der Waals surface area contributed by atoms with Crippen molar-refractivity contribution >= 4 is 22.6 Å². The maximum absolute atomic E-state index is 6.03. The summed E-state index contributed by atoms with van der Waals surface area (Å²) in [5.74, 6) is 1.55. The maximum atomic E-state index is 6.03. The van der Waals surface area contributed by atoms with Gasteiger partial charge >= 0.3 is 0 Å². The van der Waals surface area contributed by atoms with Gasteiger partial charge < -0.3 is 10.3 Å². The van der Waals surface area contributed by atoms with Crippen molar-refractivity contribution in [2.24, 2.45) is 11.7 Å². The number of aryl methyl sites for hydroxylation is 1. The van der Waals surface area contributed by atoms with Gasteiger partial charge in [-0.1, -0.05) is 18.5 Å². The molecular formula is C13H18ClN3. The van der Waals surface area contributed by atoms with Crippen molar-refractivity contribution in [2.75, 3.05) is 6.54 Å². The Kier molecular flexibility index (Phi) is 3.69. The molecule has 1 heterocycles. The van der Waals surface area contributed by atoms with Crippen LogP contribution in [0.3, 0.4) is 0 Å².